The molecule has 0 atom stereocenters. The third-order valence-electron chi connectivity index (χ3n) is 2.67. The van der Waals surface area contributed by atoms with Gasteiger partial charge in [0.2, 0.25) is 5.89 Å². The predicted octanol–water partition coefficient (Wildman–Crippen LogP) is 3.16. The van der Waals surface area contributed by atoms with E-state index in [2.05, 4.69) is 20.2 Å². The lowest BCUT2D eigenvalue weighted by molar-refractivity contribution is 0.583. The van der Waals surface area contributed by atoms with Crippen LogP contribution in [0.15, 0.2) is 41.2 Å². The second-order valence-electron chi connectivity index (χ2n) is 3.91. The molecule has 0 fully saturated rings. The van der Waals surface area contributed by atoms with Crippen molar-refractivity contribution in [3.05, 3.63) is 47.5 Å². The molecule has 0 radical (unpaired) electrons. The van der Waals surface area contributed by atoms with Crippen molar-refractivity contribution >= 4 is 11.6 Å². The zero-order valence-electron chi connectivity index (χ0n) is 10.0. The van der Waals surface area contributed by atoms with Crippen molar-refractivity contribution in [1.82, 2.24) is 20.2 Å². The number of hydrogen-bond acceptors (Lipinski definition) is 5. The third-order valence-corrected chi connectivity index (χ3v) is 3.00. The number of aryl methyl sites for hydroxylation is 1. The van der Waals surface area contributed by atoms with Crippen molar-refractivity contribution in [1.29, 1.82) is 0 Å². The smallest absolute Gasteiger partial charge is 0.251 e. The molecule has 0 aliphatic carbocycles. The van der Waals surface area contributed by atoms with Crippen LogP contribution in [0.1, 0.15) is 5.69 Å². The molecule has 2 aromatic heterocycles. The monoisotopic (exact) mass is 272 g/mol. The largest absolute Gasteiger partial charge is 0.416 e. The first-order chi connectivity index (χ1) is 9.25. The Labute approximate surface area is 114 Å². The summed E-state index contributed by atoms with van der Waals surface area (Å²) in [4.78, 5) is 8.05. The van der Waals surface area contributed by atoms with Gasteiger partial charge in [0.15, 0.2) is 0 Å². The average molecular weight is 273 g/mol. The van der Waals surface area contributed by atoms with E-state index >= 15 is 0 Å². The summed E-state index contributed by atoms with van der Waals surface area (Å²) in [5.41, 5.74) is 2.20. The van der Waals surface area contributed by atoms with Crippen LogP contribution in [0.3, 0.4) is 0 Å². The zero-order valence-corrected chi connectivity index (χ0v) is 10.8. The Balaban J connectivity index is 2.06. The summed E-state index contributed by atoms with van der Waals surface area (Å²) in [6.45, 7) is 1.86. The van der Waals surface area contributed by atoms with Gasteiger partial charge >= 0.3 is 0 Å². The van der Waals surface area contributed by atoms with E-state index in [0.29, 0.717) is 27.9 Å². The summed E-state index contributed by atoms with van der Waals surface area (Å²) < 4.78 is 5.63. The van der Waals surface area contributed by atoms with Crippen LogP contribution >= 0.6 is 11.6 Å². The molecule has 0 spiro atoms. The highest BCUT2D eigenvalue weighted by atomic mass is 35.5. The van der Waals surface area contributed by atoms with E-state index in [4.69, 9.17) is 16.0 Å². The van der Waals surface area contributed by atoms with Gasteiger partial charge < -0.3 is 4.42 Å². The number of aromatic nitrogens is 4. The Morgan fingerprint density at radius 1 is 1.05 bits per heavy atom. The van der Waals surface area contributed by atoms with E-state index < -0.39 is 0 Å². The Morgan fingerprint density at radius 3 is 2.53 bits per heavy atom. The van der Waals surface area contributed by atoms with Gasteiger partial charge in [-0.15, -0.1) is 10.2 Å². The molecule has 0 bridgehead atoms. The molecule has 6 heteroatoms. The number of hydrogen-bond donors (Lipinski definition) is 0. The maximum atomic E-state index is 6.09. The van der Waals surface area contributed by atoms with Crippen molar-refractivity contribution in [2.75, 3.05) is 0 Å². The van der Waals surface area contributed by atoms with Crippen molar-refractivity contribution in [3.63, 3.8) is 0 Å². The van der Waals surface area contributed by atoms with Gasteiger partial charge in [-0.25, -0.2) is 9.97 Å². The van der Waals surface area contributed by atoms with Gasteiger partial charge in [-0.2, -0.15) is 0 Å². The fraction of sp³-hybridized carbons (Fsp3) is 0.0769. The van der Waals surface area contributed by atoms with E-state index in [1.807, 2.05) is 25.1 Å². The van der Waals surface area contributed by atoms with E-state index in [1.54, 1.807) is 12.3 Å². The molecule has 3 aromatic rings. The second-order valence-corrected chi connectivity index (χ2v) is 4.32. The molecule has 0 aliphatic rings. The van der Waals surface area contributed by atoms with Gasteiger partial charge in [-0.1, -0.05) is 23.7 Å². The highest BCUT2D eigenvalue weighted by molar-refractivity contribution is 6.33. The Bertz CT molecular complexity index is 666. The highest BCUT2D eigenvalue weighted by Gasteiger charge is 2.14. The normalized spacial score (nSPS) is 10.6. The standard InChI is InChI=1S/C13H9ClN4O/c1-8-10(6-15-7-16-8)13-18-17-12(19-13)9-4-2-3-5-11(9)14/h2-7H,1H3. The fourth-order valence-electron chi connectivity index (χ4n) is 1.68. The summed E-state index contributed by atoms with van der Waals surface area (Å²) in [6.07, 6.45) is 3.12. The Kier molecular flexibility index (Phi) is 2.97. The lowest BCUT2D eigenvalue weighted by Crippen LogP contribution is -1.88. The molecule has 0 unspecified atom stereocenters. The molecule has 5 nitrogen and oxygen atoms in total. The SMILES string of the molecule is Cc1ncncc1-c1nnc(-c2ccccc2Cl)o1. The molecule has 2 heterocycles. The number of halogens is 1. The minimum Gasteiger partial charge on any atom is -0.416 e. The molecule has 1 aromatic carbocycles. The van der Waals surface area contributed by atoms with E-state index in [9.17, 15) is 0 Å². The summed E-state index contributed by atoms with van der Waals surface area (Å²) in [5, 5.41) is 8.59. The molecule has 94 valence electrons. The number of nitrogens with zero attached hydrogens (tertiary/aromatic N) is 4. The Hall–Kier alpha value is -2.27. The topological polar surface area (TPSA) is 64.7 Å². The van der Waals surface area contributed by atoms with Gasteiger partial charge in [-0.3, -0.25) is 0 Å². The van der Waals surface area contributed by atoms with Gasteiger partial charge in [-0.05, 0) is 19.1 Å². The van der Waals surface area contributed by atoms with E-state index in [-0.39, 0.29) is 0 Å². The minimum absolute atomic E-state index is 0.379. The number of rotatable bonds is 2. The molecule has 0 saturated heterocycles. The summed E-state index contributed by atoms with van der Waals surface area (Å²) >= 11 is 6.09. The predicted molar refractivity (Wildman–Crippen MR) is 70.5 cm³/mol. The zero-order chi connectivity index (χ0) is 13.2. The van der Waals surface area contributed by atoms with Crippen molar-refractivity contribution in [3.8, 4) is 22.9 Å². The lowest BCUT2D eigenvalue weighted by Gasteiger charge is -1.98. The van der Waals surface area contributed by atoms with Crippen LogP contribution in [0.5, 0.6) is 0 Å². The molecule has 0 saturated carbocycles. The summed E-state index contributed by atoms with van der Waals surface area (Å²) in [5.74, 6) is 0.761. The average Bonchev–Trinajstić information content (AvgIpc) is 2.89. The van der Waals surface area contributed by atoms with Crippen LogP contribution in [-0.4, -0.2) is 20.2 Å². The van der Waals surface area contributed by atoms with Gasteiger partial charge in [0, 0.05) is 6.20 Å². The molecule has 19 heavy (non-hydrogen) atoms. The van der Waals surface area contributed by atoms with Crippen LogP contribution < -0.4 is 0 Å². The number of benzene rings is 1. The molecule has 0 aliphatic heterocycles. The minimum atomic E-state index is 0.379. The fourth-order valence-corrected chi connectivity index (χ4v) is 1.89. The van der Waals surface area contributed by atoms with Crippen LogP contribution in [-0.2, 0) is 0 Å². The van der Waals surface area contributed by atoms with Gasteiger partial charge in [0.1, 0.15) is 6.33 Å². The third kappa shape index (κ3) is 2.20. The van der Waals surface area contributed by atoms with Crippen LogP contribution in [0.25, 0.3) is 22.9 Å². The molecular weight excluding hydrogens is 264 g/mol. The first kappa shape index (κ1) is 11.8. The van der Waals surface area contributed by atoms with Crippen molar-refractivity contribution < 1.29 is 4.42 Å². The maximum absolute atomic E-state index is 6.09. The summed E-state index contributed by atoms with van der Waals surface area (Å²) in [6, 6.07) is 7.31. The van der Waals surface area contributed by atoms with E-state index in [0.717, 1.165) is 5.69 Å². The Morgan fingerprint density at radius 2 is 1.79 bits per heavy atom. The van der Waals surface area contributed by atoms with Gasteiger partial charge in [0.25, 0.3) is 5.89 Å². The maximum Gasteiger partial charge on any atom is 0.251 e. The molecule has 0 amide bonds. The van der Waals surface area contributed by atoms with Gasteiger partial charge in [0.05, 0.1) is 21.8 Å². The van der Waals surface area contributed by atoms with E-state index in [1.165, 1.54) is 6.33 Å². The van der Waals surface area contributed by atoms with Crippen LogP contribution in [0, 0.1) is 6.92 Å². The van der Waals surface area contributed by atoms with Crippen LogP contribution in [0.4, 0.5) is 0 Å². The lowest BCUT2D eigenvalue weighted by atomic mass is 10.2. The van der Waals surface area contributed by atoms with Crippen molar-refractivity contribution in [2.45, 2.75) is 6.92 Å². The second kappa shape index (κ2) is 4.78. The first-order valence-electron chi connectivity index (χ1n) is 5.61. The highest BCUT2D eigenvalue weighted by Crippen LogP contribution is 2.29. The quantitative estimate of drug-likeness (QED) is 0.717. The first-order valence-corrected chi connectivity index (χ1v) is 5.99. The summed E-state index contributed by atoms with van der Waals surface area (Å²) in [7, 11) is 0. The molecule has 3 rings (SSSR count). The molecular formula is C13H9ClN4O. The van der Waals surface area contributed by atoms with Crippen LogP contribution in [0.2, 0.25) is 5.02 Å². The molecule has 0 N–H and O–H groups in total. The van der Waals surface area contributed by atoms with Crippen molar-refractivity contribution in [2.24, 2.45) is 0 Å².